The van der Waals surface area contributed by atoms with Gasteiger partial charge in [-0.05, 0) is 50.2 Å². The molecule has 10 heteroatoms. The molecule has 0 radical (unpaired) electrons. The summed E-state index contributed by atoms with van der Waals surface area (Å²) in [5.41, 5.74) is -0.352. The number of carboxylic acids is 1. The number of aromatic carboxylic acids is 1. The molecule has 0 spiro atoms. The number of pyridine rings is 1. The zero-order chi connectivity index (χ0) is 22.4. The Bertz CT molecular complexity index is 1130. The molecule has 0 aromatic carbocycles. The van der Waals surface area contributed by atoms with Crippen molar-refractivity contribution in [2.24, 2.45) is 11.8 Å². The van der Waals surface area contributed by atoms with Crippen LogP contribution in [-0.4, -0.2) is 67.8 Å². The molecule has 2 N–H and O–H groups in total. The van der Waals surface area contributed by atoms with E-state index in [4.69, 9.17) is 12.2 Å². The second-order valence-corrected chi connectivity index (χ2v) is 9.46. The van der Waals surface area contributed by atoms with Gasteiger partial charge in [0.1, 0.15) is 11.2 Å². The highest BCUT2D eigenvalue weighted by atomic mass is 32.1. The van der Waals surface area contributed by atoms with E-state index in [1.54, 1.807) is 4.57 Å². The van der Waals surface area contributed by atoms with Crippen molar-refractivity contribution in [2.75, 3.05) is 31.1 Å². The van der Waals surface area contributed by atoms with Crippen molar-refractivity contribution in [1.29, 1.82) is 0 Å². The maximum absolute atomic E-state index is 12.5. The van der Waals surface area contributed by atoms with Gasteiger partial charge in [-0.25, -0.2) is 9.78 Å². The molecule has 5 rings (SSSR count). The molecule has 170 valence electrons. The Morgan fingerprint density at radius 2 is 2.03 bits per heavy atom. The molecule has 1 saturated heterocycles. The summed E-state index contributed by atoms with van der Waals surface area (Å²) in [6.07, 6.45) is 8.12. The molecule has 3 heterocycles. The monoisotopic (exact) mass is 456 g/mol. The Morgan fingerprint density at radius 3 is 2.66 bits per heavy atom. The number of anilines is 1. The summed E-state index contributed by atoms with van der Waals surface area (Å²) in [5.74, 6) is 0.973. The van der Waals surface area contributed by atoms with Crippen LogP contribution in [0.3, 0.4) is 0 Å². The van der Waals surface area contributed by atoms with E-state index in [1.165, 1.54) is 38.1 Å². The highest BCUT2D eigenvalue weighted by molar-refractivity contribution is 7.80. The van der Waals surface area contributed by atoms with Crippen molar-refractivity contribution >= 4 is 40.3 Å². The number of thiocarbonyl (C=S) groups is 1. The lowest BCUT2D eigenvalue weighted by molar-refractivity contribution is 0.0695. The van der Waals surface area contributed by atoms with Gasteiger partial charge in [0.05, 0.1) is 5.39 Å². The van der Waals surface area contributed by atoms with E-state index >= 15 is 0 Å². The van der Waals surface area contributed by atoms with Gasteiger partial charge >= 0.3 is 5.97 Å². The molecular weight excluding hydrogens is 428 g/mol. The van der Waals surface area contributed by atoms with E-state index in [0.29, 0.717) is 24.2 Å². The smallest absolute Gasteiger partial charge is 0.341 e. The Morgan fingerprint density at radius 1 is 1.25 bits per heavy atom. The molecular formula is C22H28N6O3S. The van der Waals surface area contributed by atoms with Gasteiger partial charge in [0, 0.05) is 51.2 Å². The first kappa shape index (κ1) is 21.1. The Kier molecular flexibility index (Phi) is 5.48. The summed E-state index contributed by atoms with van der Waals surface area (Å²) in [5, 5.41) is 14.0. The summed E-state index contributed by atoms with van der Waals surface area (Å²) in [4.78, 5) is 37.2. The largest absolute Gasteiger partial charge is 0.477 e. The molecule has 1 aliphatic heterocycles. The van der Waals surface area contributed by atoms with Gasteiger partial charge in [0.2, 0.25) is 11.4 Å². The number of aryl methyl sites for hydroxylation is 1. The second-order valence-electron chi connectivity index (χ2n) is 9.08. The summed E-state index contributed by atoms with van der Waals surface area (Å²) in [6, 6.07) is 0.532. The number of piperazine rings is 1. The Labute approximate surface area is 191 Å². The van der Waals surface area contributed by atoms with Crippen LogP contribution in [0, 0.1) is 11.8 Å². The molecule has 3 fully saturated rings. The van der Waals surface area contributed by atoms with Gasteiger partial charge < -0.3 is 24.8 Å². The number of hydrogen-bond donors (Lipinski definition) is 2. The van der Waals surface area contributed by atoms with Crippen LogP contribution in [0.1, 0.15) is 43.0 Å². The number of carbonyl (C=O) groups is 1. The lowest BCUT2D eigenvalue weighted by Gasteiger charge is -2.37. The van der Waals surface area contributed by atoms with Gasteiger partial charge in [-0.15, -0.1) is 0 Å². The van der Waals surface area contributed by atoms with Crippen molar-refractivity contribution in [1.82, 2.24) is 24.8 Å². The average molecular weight is 457 g/mol. The van der Waals surface area contributed by atoms with E-state index in [1.807, 2.05) is 6.92 Å². The summed E-state index contributed by atoms with van der Waals surface area (Å²) >= 11 is 5.70. The first-order valence-electron chi connectivity index (χ1n) is 11.4. The molecule has 0 unspecified atom stereocenters. The van der Waals surface area contributed by atoms with Gasteiger partial charge in [0.15, 0.2) is 5.11 Å². The quantitative estimate of drug-likeness (QED) is 0.665. The van der Waals surface area contributed by atoms with Gasteiger partial charge in [0.25, 0.3) is 0 Å². The Balaban J connectivity index is 1.28. The minimum atomic E-state index is -1.24. The van der Waals surface area contributed by atoms with Crippen LogP contribution < -0.4 is 15.6 Å². The molecule has 9 nitrogen and oxygen atoms in total. The fraction of sp³-hybridized carbons (Fsp3) is 0.591. The van der Waals surface area contributed by atoms with E-state index in [2.05, 4.69) is 25.1 Å². The molecule has 32 heavy (non-hydrogen) atoms. The normalized spacial score (nSPS) is 24.8. The molecule has 0 amide bonds. The highest BCUT2D eigenvalue weighted by Crippen LogP contribution is 2.44. The molecule has 2 aromatic rings. The number of rotatable bonds is 4. The zero-order valence-corrected chi connectivity index (χ0v) is 19.0. The minimum Gasteiger partial charge on any atom is -0.477 e. The molecule has 3 aliphatic rings. The van der Waals surface area contributed by atoms with E-state index < -0.39 is 11.4 Å². The first-order valence-corrected chi connectivity index (χ1v) is 11.8. The van der Waals surface area contributed by atoms with Crippen molar-refractivity contribution in [3.05, 3.63) is 28.2 Å². The van der Waals surface area contributed by atoms with Crippen LogP contribution in [0.4, 0.5) is 5.95 Å². The van der Waals surface area contributed by atoms with Crippen LogP contribution >= 0.6 is 12.2 Å². The van der Waals surface area contributed by atoms with Crippen LogP contribution in [0.15, 0.2) is 17.2 Å². The fourth-order valence-electron chi connectivity index (χ4n) is 5.49. The lowest BCUT2D eigenvalue weighted by atomic mass is 9.95. The van der Waals surface area contributed by atoms with Crippen LogP contribution in [0.25, 0.3) is 11.0 Å². The number of nitrogens with one attached hydrogen (secondary N) is 1. The molecule has 2 saturated carbocycles. The maximum Gasteiger partial charge on any atom is 0.341 e. The van der Waals surface area contributed by atoms with Crippen molar-refractivity contribution in [3.8, 4) is 0 Å². The molecule has 2 aliphatic carbocycles. The van der Waals surface area contributed by atoms with Gasteiger partial charge in [-0.3, -0.25) is 4.79 Å². The maximum atomic E-state index is 12.5. The van der Waals surface area contributed by atoms with Crippen molar-refractivity contribution < 1.29 is 9.90 Å². The van der Waals surface area contributed by atoms with Crippen LogP contribution in [0.5, 0.6) is 0 Å². The molecule has 3 atom stereocenters. The fourth-order valence-corrected chi connectivity index (χ4v) is 5.82. The number of carboxylic acid groups (broad SMARTS) is 1. The number of aromatic nitrogens is 3. The topological polar surface area (TPSA) is 104 Å². The van der Waals surface area contributed by atoms with E-state index in [-0.39, 0.29) is 10.9 Å². The number of hydrogen-bond acceptors (Lipinski definition) is 6. The zero-order valence-electron chi connectivity index (χ0n) is 18.2. The summed E-state index contributed by atoms with van der Waals surface area (Å²) in [6.45, 7) is 5.42. The predicted molar refractivity (Wildman–Crippen MR) is 125 cm³/mol. The van der Waals surface area contributed by atoms with Crippen molar-refractivity contribution in [3.63, 3.8) is 0 Å². The van der Waals surface area contributed by atoms with Crippen molar-refractivity contribution in [2.45, 2.75) is 45.2 Å². The Hall–Kier alpha value is -2.75. The van der Waals surface area contributed by atoms with E-state index in [0.717, 1.165) is 43.1 Å². The third kappa shape index (κ3) is 3.70. The standard InChI is InChI=1S/C22H28N6O3S/c1-2-26-12-16(20(30)31)18(29)15-11-23-21(25-19(15)26)27-5-7-28(8-6-27)22(32)24-17-10-13-3-4-14(17)9-13/h11-14,17H,2-10H2,1H3,(H,24,32)(H,30,31)/t13-,14+,17+/m0/s1. The second kappa shape index (κ2) is 8.31. The summed E-state index contributed by atoms with van der Waals surface area (Å²) in [7, 11) is 0. The predicted octanol–water partition coefficient (Wildman–Crippen LogP) is 1.69. The molecule has 2 aromatic heterocycles. The van der Waals surface area contributed by atoms with Gasteiger partial charge in [-0.1, -0.05) is 6.42 Å². The third-order valence-electron chi connectivity index (χ3n) is 7.27. The SMILES string of the molecule is CCn1cc(C(=O)O)c(=O)c2cnc(N3CCN(C(=S)N[C@@H]4C[C@H]5CC[C@@H]4C5)CC3)nc21. The van der Waals surface area contributed by atoms with Crippen LogP contribution in [0.2, 0.25) is 0 Å². The average Bonchev–Trinajstić information content (AvgIpc) is 3.42. The highest BCUT2D eigenvalue weighted by Gasteiger charge is 2.40. The molecule has 2 bridgehead atoms. The first-order chi connectivity index (χ1) is 15.4. The van der Waals surface area contributed by atoms with Gasteiger partial charge in [-0.2, -0.15) is 4.98 Å². The number of fused-ring (bicyclic) bond motifs is 3. The number of nitrogens with zero attached hydrogens (tertiary/aromatic N) is 5. The van der Waals surface area contributed by atoms with Crippen LogP contribution in [-0.2, 0) is 6.54 Å². The lowest BCUT2D eigenvalue weighted by Crippen LogP contribution is -2.54. The third-order valence-corrected chi connectivity index (χ3v) is 7.65. The minimum absolute atomic E-state index is 0.227. The summed E-state index contributed by atoms with van der Waals surface area (Å²) < 4.78 is 1.69. The van der Waals surface area contributed by atoms with E-state index in [9.17, 15) is 14.7 Å².